The molecule has 132 valence electrons. The first-order valence-electron chi connectivity index (χ1n) is 8.47. The fourth-order valence-electron chi connectivity index (χ4n) is 3.03. The Morgan fingerprint density at radius 3 is 2.62 bits per heavy atom. The summed E-state index contributed by atoms with van der Waals surface area (Å²) >= 11 is 0. The Morgan fingerprint density at radius 2 is 1.92 bits per heavy atom. The molecule has 1 saturated heterocycles. The summed E-state index contributed by atoms with van der Waals surface area (Å²) in [7, 11) is 1.83. The zero-order valence-corrected chi connectivity index (χ0v) is 14.4. The second kappa shape index (κ2) is 8.78. The van der Waals surface area contributed by atoms with E-state index in [4.69, 9.17) is 0 Å². The fraction of sp³-hybridized carbons (Fsp3) is 0.556. The second-order valence-electron chi connectivity index (χ2n) is 6.33. The molecule has 6 heteroatoms. The maximum Gasteiger partial charge on any atom is 0.227 e. The van der Waals surface area contributed by atoms with Crippen LogP contribution in [0.5, 0.6) is 0 Å². The average molecular weight is 335 g/mol. The summed E-state index contributed by atoms with van der Waals surface area (Å²) in [4.78, 5) is 28.4. The van der Waals surface area contributed by atoms with Crippen LogP contribution in [-0.4, -0.2) is 61.4 Å². The van der Waals surface area contributed by atoms with Gasteiger partial charge in [-0.15, -0.1) is 0 Å². The SMILES string of the molecule is CNCC(C)C(=O)N1CCCN(C(=O)Cc2cccc(F)c2)CC1. The molecule has 1 fully saturated rings. The lowest BCUT2D eigenvalue weighted by Crippen LogP contribution is -2.41. The van der Waals surface area contributed by atoms with Gasteiger partial charge in [-0.05, 0) is 31.2 Å². The van der Waals surface area contributed by atoms with E-state index in [1.165, 1.54) is 12.1 Å². The Bertz CT molecular complexity index is 579. The van der Waals surface area contributed by atoms with Crippen LogP contribution in [0.3, 0.4) is 0 Å². The van der Waals surface area contributed by atoms with Crippen molar-refractivity contribution in [3.8, 4) is 0 Å². The molecule has 0 spiro atoms. The van der Waals surface area contributed by atoms with Crippen molar-refractivity contribution in [2.24, 2.45) is 5.92 Å². The summed E-state index contributed by atoms with van der Waals surface area (Å²) in [5.41, 5.74) is 0.680. The predicted octanol–water partition coefficient (Wildman–Crippen LogP) is 1.28. The number of nitrogens with one attached hydrogen (secondary N) is 1. The molecule has 1 atom stereocenters. The highest BCUT2D eigenvalue weighted by Gasteiger charge is 2.24. The average Bonchev–Trinajstić information content (AvgIpc) is 2.80. The van der Waals surface area contributed by atoms with Gasteiger partial charge in [-0.2, -0.15) is 0 Å². The van der Waals surface area contributed by atoms with E-state index in [1.807, 2.05) is 18.9 Å². The highest BCUT2D eigenvalue weighted by atomic mass is 19.1. The van der Waals surface area contributed by atoms with Gasteiger partial charge in [-0.25, -0.2) is 4.39 Å². The smallest absolute Gasteiger partial charge is 0.227 e. The molecule has 1 aromatic rings. The lowest BCUT2D eigenvalue weighted by atomic mass is 10.1. The van der Waals surface area contributed by atoms with E-state index in [9.17, 15) is 14.0 Å². The molecule has 0 radical (unpaired) electrons. The third-order valence-corrected chi connectivity index (χ3v) is 4.34. The lowest BCUT2D eigenvalue weighted by Gasteiger charge is -2.24. The number of carbonyl (C=O) groups is 2. The monoisotopic (exact) mass is 335 g/mol. The first-order valence-corrected chi connectivity index (χ1v) is 8.47. The minimum atomic E-state index is -0.327. The highest BCUT2D eigenvalue weighted by molar-refractivity contribution is 5.80. The predicted molar refractivity (Wildman–Crippen MR) is 91.0 cm³/mol. The van der Waals surface area contributed by atoms with Crippen LogP contribution in [0.1, 0.15) is 18.9 Å². The Balaban J connectivity index is 1.90. The van der Waals surface area contributed by atoms with Gasteiger partial charge in [-0.3, -0.25) is 9.59 Å². The van der Waals surface area contributed by atoms with E-state index in [-0.39, 0.29) is 30.0 Å². The second-order valence-corrected chi connectivity index (χ2v) is 6.33. The Hall–Kier alpha value is -1.95. The molecule has 2 amide bonds. The molecule has 1 aromatic carbocycles. The Morgan fingerprint density at radius 1 is 1.21 bits per heavy atom. The van der Waals surface area contributed by atoms with Gasteiger partial charge < -0.3 is 15.1 Å². The van der Waals surface area contributed by atoms with Crippen molar-refractivity contribution in [2.45, 2.75) is 19.8 Å². The number of hydrogen-bond donors (Lipinski definition) is 1. The summed E-state index contributed by atoms with van der Waals surface area (Å²) in [6.45, 7) is 4.97. The van der Waals surface area contributed by atoms with E-state index in [0.29, 0.717) is 38.3 Å². The van der Waals surface area contributed by atoms with Gasteiger partial charge in [-0.1, -0.05) is 19.1 Å². The van der Waals surface area contributed by atoms with Crippen LogP contribution in [0.4, 0.5) is 4.39 Å². The van der Waals surface area contributed by atoms with Crippen LogP contribution in [0.25, 0.3) is 0 Å². The van der Waals surface area contributed by atoms with Crippen LogP contribution < -0.4 is 5.32 Å². The van der Waals surface area contributed by atoms with Gasteiger partial charge in [0.15, 0.2) is 0 Å². The molecule has 1 aliphatic rings. The molecule has 1 heterocycles. The molecule has 0 aliphatic carbocycles. The van der Waals surface area contributed by atoms with Crippen LogP contribution in [0.15, 0.2) is 24.3 Å². The molecule has 1 N–H and O–H groups in total. The van der Waals surface area contributed by atoms with Crippen molar-refractivity contribution in [2.75, 3.05) is 39.8 Å². The van der Waals surface area contributed by atoms with Gasteiger partial charge in [0, 0.05) is 38.6 Å². The summed E-state index contributed by atoms with van der Waals surface area (Å²) in [5.74, 6) is -0.280. The zero-order chi connectivity index (χ0) is 17.5. The molecule has 0 aromatic heterocycles. The van der Waals surface area contributed by atoms with E-state index in [1.54, 1.807) is 17.0 Å². The summed E-state index contributed by atoms with van der Waals surface area (Å²) in [6, 6.07) is 6.14. The van der Waals surface area contributed by atoms with Gasteiger partial charge >= 0.3 is 0 Å². The van der Waals surface area contributed by atoms with Crippen LogP contribution >= 0.6 is 0 Å². The van der Waals surface area contributed by atoms with Gasteiger partial charge in [0.2, 0.25) is 11.8 Å². The molecule has 24 heavy (non-hydrogen) atoms. The maximum absolute atomic E-state index is 13.2. The topological polar surface area (TPSA) is 52.7 Å². The van der Waals surface area contributed by atoms with E-state index in [2.05, 4.69) is 5.32 Å². The third-order valence-electron chi connectivity index (χ3n) is 4.34. The number of carbonyl (C=O) groups excluding carboxylic acids is 2. The van der Waals surface area contributed by atoms with E-state index in [0.717, 1.165) is 6.42 Å². The molecule has 0 bridgehead atoms. The first-order chi connectivity index (χ1) is 11.5. The minimum absolute atomic E-state index is 0.0156. The molecule has 5 nitrogen and oxygen atoms in total. The van der Waals surface area contributed by atoms with Crippen LogP contribution in [-0.2, 0) is 16.0 Å². The third kappa shape index (κ3) is 5.03. The van der Waals surface area contributed by atoms with Crippen molar-refractivity contribution in [1.82, 2.24) is 15.1 Å². The van der Waals surface area contributed by atoms with E-state index < -0.39 is 0 Å². The quantitative estimate of drug-likeness (QED) is 0.882. The van der Waals surface area contributed by atoms with Crippen molar-refractivity contribution in [1.29, 1.82) is 0 Å². The number of halogens is 1. The van der Waals surface area contributed by atoms with Crippen LogP contribution in [0, 0.1) is 11.7 Å². The molecule has 0 saturated carbocycles. The zero-order valence-electron chi connectivity index (χ0n) is 14.4. The molecule has 2 rings (SSSR count). The van der Waals surface area contributed by atoms with Gasteiger partial charge in [0.1, 0.15) is 5.82 Å². The van der Waals surface area contributed by atoms with E-state index >= 15 is 0 Å². The number of rotatable bonds is 5. The maximum atomic E-state index is 13.2. The number of nitrogens with zero attached hydrogens (tertiary/aromatic N) is 2. The molecule has 1 aliphatic heterocycles. The Labute approximate surface area is 142 Å². The molecular formula is C18H26FN3O2. The number of amides is 2. The number of hydrogen-bond acceptors (Lipinski definition) is 3. The lowest BCUT2D eigenvalue weighted by molar-refractivity contribution is -0.135. The highest BCUT2D eigenvalue weighted by Crippen LogP contribution is 2.11. The summed E-state index contributed by atoms with van der Waals surface area (Å²) in [5, 5.41) is 3.02. The largest absolute Gasteiger partial charge is 0.341 e. The van der Waals surface area contributed by atoms with Crippen molar-refractivity contribution in [3.63, 3.8) is 0 Å². The van der Waals surface area contributed by atoms with Crippen LogP contribution in [0.2, 0.25) is 0 Å². The summed E-state index contributed by atoms with van der Waals surface area (Å²) in [6.07, 6.45) is 0.967. The van der Waals surface area contributed by atoms with Crippen molar-refractivity contribution in [3.05, 3.63) is 35.6 Å². The summed E-state index contributed by atoms with van der Waals surface area (Å²) < 4.78 is 13.2. The Kier molecular flexibility index (Phi) is 6.73. The molecule has 1 unspecified atom stereocenters. The fourth-order valence-corrected chi connectivity index (χ4v) is 3.03. The number of benzene rings is 1. The molecular weight excluding hydrogens is 309 g/mol. The standard InChI is InChI=1S/C18H26FN3O2/c1-14(13-20-2)18(24)22-8-4-7-21(9-10-22)17(23)12-15-5-3-6-16(19)11-15/h3,5-6,11,14,20H,4,7-10,12-13H2,1-2H3. The van der Waals surface area contributed by atoms with Crippen molar-refractivity contribution < 1.29 is 14.0 Å². The minimum Gasteiger partial charge on any atom is -0.341 e. The van der Waals surface area contributed by atoms with Crippen molar-refractivity contribution >= 4 is 11.8 Å². The van der Waals surface area contributed by atoms with Gasteiger partial charge in [0.25, 0.3) is 0 Å². The van der Waals surface area contributed by atoms with Gasteiger partial charge in [0.05, 0.1) is 6.42 Å². The normalized spacial score (nSPS) is 16.6. The first kappa shape index (κ1) is 18.4.